The Morgan fingerprint density at radius 1 is 1.00 bits per heavy atom. The van der Waals surface area contributed by atoms with Crippen molar-refractivity contribution in [2.24, 2.45) is 5.41 Å². The van der Waals surface area contributed by atoms with Crippen LogP contribution in [0.5, 0.6) is 0 Å². The molecule has 0 aromatic heterocycles. The standard InChI is InChI=1S/C27H35FN4O2/c1-29-25(33)24-20-32(16-15-31(24)19-21-7-4-3-5-8-21)26(34)27(11-13-30(2)14-12-27)18-22-9-6-10-23(28)17-22/h3-10,17,24H,11-16,18-20H2,1-2H3,(H,29,33). The number of carbonyl (C=O) groups excluding carboxylic acids is 2. The summed E-state index contributed by atoms with van der Waals surface area (Å²) >= 11 is 0. The molecular formula is C27H35FN4O2. The van der Waals surface area contributed by atoms with E-state index in [1.54, 1.807) is 19.2 Å². The van der Waals surface area contributed by atoms with E-state index < -0.39 is 11.5 Å². The molecule has 2 heterocycles. The van der Waals surface area contributed by atoms with E-state index in [0.29, 0.717) is 32.6 Å². The van der Waals surface area contributed by atoms with Crippen molar-refractivity contribution in [2.75, 3.05) is 46.8 Å². The zero-order valence-electron chi connectivity index (χ0n) is 20.2. The average molecular weight is 467 g/mol. The molecule has 4 rings (SSSR count). The van der Waals surface area contributed by atoms with Gasteiger partial charge in [-0.05, 0) is 62.7 Å². The zero-order chi connectivity index (χ0) is 24.1. The number of piperazine rings is 1. The Kier molecular flexibility index (Phi) is 7.63. The fraction of sp³-hybridized carbons (Fsp3) is 0.481. The minimum atomic E-state index is -0.574. The Morgan fingerprint density at radius 3 is 2.38 bits per heavy atom. The molecule has 2 aromatic rings. The van der Waals surface area contributed by atoms with Gasteiger partial charge in [-0.15, -0.1) is 0 Å². The molecule has 1 unspecified atom stereocenters. The van der Waals surface area contributed by atoms with Crippen LogP contribution in [0.3, 0.4) is 0 Å². The molecule has 182 valence electrons. The summed E-state index contributed by atoms with van der Waals surface area (Å²) in [6, 6.07) is 16.3. The van der Waals surface area contributed by atoms with Gasteiger partial charge in [-0.25, -0.2) is 4.39 Å². The Balaban J connectivity index is 1.54. The monoisotopic (exact) mass is 466 g/mol. The number of piperidine rings is 1. The van der Waals surface area contributed by atoms with Crippen LogP contribution >= 0.6 is 0 Å². The van der Waals surface area contributed by atoms with E-state index in [0.717, 1.165) is 37.1 Å². The highest BCUT2D eigenvalue weighted by molar-refractivity contribution is 5.86. The van der Waals surface area contributed by atoms with Crippen LogP contribution in [0.15, 0.2) is 54.6 Å². The van der Waals surface area contributed by atoms with Crippen molar-refractivity contribution in [3.8, 4) is 0 Å². The summed E-state index contributed by atoms with van der Waals surface area (Å²) in [4.78, 5) is 33.2. The van der Waals surface area contributed by atoms with Crippen LogP contribution in [0.2, 0.25) is 0 Å². The summed E-state index contributed by atoms with van der Waals surface area (Å²) in [5.74, 6) is -0.253. The molecule has 1 N–H and O–H groups in total. The van der Waals surface area contributed by atoms with Gasteiger partial charge in [-0.2, -0.15) is 0 Å². The Labute approximate surface area is 201 Å². The van der Waals surface area contributed by atoms with Gasteiger partial charge in [-0.3, -0.25) is 14.5 Å². The molecule has 0 bridgehead atoms. The number of likely N-dealkylation sites (tertiary alicyclic amines) is 1. The third-order valence-corrected chi connectivity index (χ3v) is 7.39. The van der Waals surface area contributed by atoms with Gasteiger partial charge in [0.05, 0.1) is 5.41 Å². The van der Waals surface area contributed by atoms with Crippen molar-refractivity contribution in [1.82, 2.24) is 20.0 Å². The summed E-state index contributed by atoms with van der Waals surface area (Å²) in [6.45, 7) is 3.91. The van der Waals surface area contributed by atoms with Crippen LogP contribution in [-0.4, -0.2) is 79.4 Å². The highest BCUT2D eigenvalue weighted by Crippen LogP contribution is 2.38. The van der Waals surface area contributed by atoms with E-state index in [9.17, 15) is 14.0 Å². The van der Waals surface area contributed by atoms with Gasteiger partial charge in [-0.1, -0.05) is 42.5 Å². The van der Waals surface area contributed by atoms with Gasteiger partial charge < -0.3 is 15.1 Å². The number of halogens is 1. The number of nitrogens with one attached hydrogen (secondary N) is 1. The van der Waals surface area contributed by atoms with Crippen molar-refractivity contribution in [2.45, 2.75) is 31.8 Å². The van der Waals surface area contributed by atoms with Crippen LogP contribution in [0, 0.1) is 11.2 Å². The van der Waals surface area contributed by atoms with Crippen LogP contribution in [0.4, 0.5) is 4.39 Å². The fourth-order valence-corrected chi connectivity index (χ4v) is 5.31. The number of likely N-dealkylation sites (N-methyl/N-ethyl adjacent to an activating group) is 1. The highest BCUT2D eigenvalue weighted by atomic mass is 19.1. The second-order valence-corrected chi connectivity index (χ2v) is 9.73. The Morgan fingerprint density at radius 2 is 1.71 bits per heavy atom. The number of hydrogen-bond donors (Lipinski definition) is 1. The molecule has 2 saturated heterocycles. The van der Waals surface area contributed by atoms with E-state index in [2.05, 4.69) is 34.3 Å². The van der Waals surface area contributed by atoms with E-state index in [1.807, 2.05) is 29.2 Å². The molecule has 2 amide bonds. The first-order valence-corrected chi connectivity index (χ1v) is 12.1. The molecule has 6 nitrogen and oxygen atoms in total. The van der Waals surface area contributed by atoms with Gasteiger partial charge in [0.1, 0.15) is 11.9 Å². The van der Waals surface area contributed by atoms with Crippen molar-refractivity contribution >= 4 is 11.8 Å². The van der Waals surface area contributed by atoms with E-state index in [1.165, 1.54) is 6.07 Å². The van der Waals surface area contributed by atoms with Crippen LogP contribution < -0.4 is 5.32 Å². The molecular weight excluding hydrogens is 431 g/mol. The smallest absolute Gasteiger partial charge is 0.238 e. The molecule has 7 heteroatoms. The lowest BCUT2D eigenvalue weighted by Crippen LogP contribution is -2.62. The normalized spacial score (nSPS) is 21.3. The maximum absolute atomic E-state index is 14.1. The Bertz CT molecular complexity index is 991. The minimum absolute atomic E-state index is 0.0732. The van der Waals surface area contributed by atoms with Crippen molar-refractivity contribution in [3.63, 3.8) is 0 Å². The quantitative estimate of drug-likeness (QED) is 0.711. The van der Waals surface area contributed by atoms with Gasteiger partial charge >= 0.3 is 0 Å². The molecule has 1 atom stereocenters. The van der Waals surface area contributed by atoms with Gasteiger partial charge in [0.15, 0.2) is 0 Å². The molecule has 2 aliphatic heterocycles. The number of nitrogens with zero attached hydrogens (tertiary/aromatic N) is 3. The topological polar surface area (TPSA) is 55.9 Å². The molecule has 0 aliphatic carbocycles. The van der Waals surface area contributed by atoms with Crippen molar-refractivity contribution in [3.05, 3.63) is 71.5 Å². The van der Waals surface area contributed by atoms with E-state index in [4.69, 9.17) is 0 Å². The fourth-order valence-electron chi connectivity index (χ4n) is 5.31. The first-order valence-electron chi connectivity index (χ1n) is 12.1. The van der Waals surface area contributed by atoms with Crippen molar-refractivity contribution in [1.29, 1.82) is 0 Å². The number of benzene rings is 2. The summed E-state index contributed by atoms with van der Waals surface area (Å²) < 4.78 is 13.9. The minimum Gasteiger partial charge on any atom is -0.358 e. The zero-order valence-corrected chi connectivity index (χ0v) is 20.2. The highest BCUT2D eigenvalue weighted by Gasteiger charge is 2.45. The molecule has 0 radical (unpaired) electrons. The van der Waals surface area contributed by atoms with Gasteiger partial charge in [0.2, 0.25) is 11.8 Å². The SMILES string of the molecule is CNC(=O)C1CN(C(=O)C2(Cc3cccc(F)c3)CCN(C)CC2)CCN1Cc1ccccc1. The second kappa shape index (κ2) is 10.7. The summed E-state index contributed by atoms with van der Waals surface area (Å²) in [7, 11) is 3.72. The molecule has 2 aliphatic rings. The van der Waals surface area contributed by atoms with E-state index in [-0.39, 0.29) is 17.6 Å². The lowest BCUT2D eigenvalue weighted by molar-refractivity contribution is -0.150. The first-order chi connectivity index (χ1) is 16.4. The van der Waals surface area contributed by atoms with Crippen LogP contribution in [0.25, 0.3) is 0 Å². The average Bonchev–Trinajstić information content (AvgIpc) is 2.85. The lowest BCUT2D eigenvalue weighted by Gasteiger charge is -2.46. The number of rotatable bonds is 6. The molecule has 2 fully saturated rings. The number of amides is 2. The van der Waals surface area contributed by atoms with Crippen LogP contribution in [0.1, 0.15) is 24.0 Å². The molecule has 2 aromatic carbocycles. The molecule has 34 heavy (non-hydrogen) atoms. The second-order valence-electron chi connectivity index (χ2n) is 9.73. The third kappa shape index (κ3) is 5.47. The lowest BCUT2D eigenvalue weighted by atomic mass is 9.72. The van der Waals surface area contributed by atoms with Crippen molar-refractivity contribution < 1.29 is 14.0 Å². The maximum atomic E-state index is 14.1. The molecule has 0 spiro atoms. The largest absolute Gasteiger partial charge is 0.358 e. The number of carbonyl (C=O) groups is 2. The van der Waals surface area contributed by atoms with Gasteiger partial charge in [0, 0.05) is 33.2 Å². The maximum Gasteiger partial charge on any atom is 0.238 e. The van der Waals surface area contributed by atoms with Crippen LogP contribution in [-0.2, 0) is 22.6 Å². The summed E-state index contributed by atoms with van der Waals surface area (Å²) in [5, 5.41) is 2.78. The van der Waals surface area contributed by atoms with E-state index >= 15 is 0 Å². The predicted octanol–water partition coefficient (Wildman–Crippen LogP) is 2.54. The summed E-state index contributed by atoms with van der Waals surface area (Å²) in [5.41, 5.74) is 1.42. The number of hydrogen-bond acceptors (Lipinski definition) is 4. The first kappa shape index (κ1) is 24.4. The third-order valence-electron chi connectivity index (χ3n) is 7.39. The Hall–Kier alpha value is -2.77. The molecule has 0 saturated carbocycles. The predicted molar refractivity (Wildman–Crippen MR) is 131 cm³/mol. The van der Waals surface area contributed by atoms with Gasteiger partial charge in [0.25, 0.3) is 0 Å². The summed E-state index contributed by atoms with van der Waals surface area (Å²) in [6.07, 6.45) is 1.98.